The highest BCUT2D eigenvalue weighted by Gasteiger charge is 2.28. The van der Waals surface area contributed by atoms with E-state index >= 15 is 0 Å². The van der Waals surface area contributed by atoms with Crippen molar-refractivity contribution in [2.75, 3.05) is 5.73 Å². The molecule has 1 fully saturated rings. The second kappa shape index (κ2) is 7.05. The largest absolute Gasteiger partial charge is 0.383 e. The van der Waals surface area contributed by atoms with Gasteiger partial charge in [0.2, 0.25) is 0 Å². The van der Waals surface area contributed by atoms with E-state index in [1.54, 1.807) is 23.2 Å². The molecule has 0 atom stereocenters. The Morgan fingerprint density at radius 1 is 1.33 bits per heavy atom. The molecule has 3 N–H and O–H groups in total. The van der Waals surface area contributed by atoms with E-state index in [1.807, 2.05) is 13.8 Å². The van der Waals surface area contributed by atoms with Gasteiger partial charge in [0.1, 0.15) is 17.3 Å². The van der Waals surface area contributed by atoms with E-state index in [-0.39, 0.29) is 30.0 Å². The molecule has 1 amide bonds. The number of carbonyl (C=O) groups excluding carboxylic acids is 1. The van der Waals surface area contributed by atoms with Crippen LogP contribution >= 0.6 is 0 Å². The fourth-order valence-electron chi connectivity index (χ4n) is 4.00. The fraction of sp³-hybridized carbons (Fsp3) is 0.409. The van der Waals surface area contributed by atoms with E-state index in [0.717, 1.165) is 35.0 Å². The number of ether oxygens (including phenoxy) is 1. The number of aromatic nitrogens is 3. The minimum atomic E-state index is -0.362. The monoisotopic (exact) mass is 409 g/mol. The van der Waals surface area contributed by atoms with Crippen LogP contribution in [0.3, 0.4) is 0 Å². The van der Waals surface area contributed by atoms with Gasteiger partial charge < -0.3 is 20.4 Å². The standard InChI is InChI=1S/C22H24FN5O2/c1-11(2)28(8-19-16(23)5-13(7-25-19)12-3-4-12)22(29)18-6-17-20(26-18)14-9-30-10-15(14)21(24)27-17/h5-7,11-12,26H,3-4,8-10H2,1-2H3,(H2,24,27). The average Bonchev–Trinajstić information content (AvgIpc) is 3.27. The van der Waals surface area contributed by atoms with Crippen LogP contribution < -0.4 is 5.73 Å². The summed E-state index contributed by atoms with van der Waals surface area (Å²) in [6.07, 6.45) is 3.91. The number of rotatable bonds is 5. The van der Waals surface area contributed by atoms with Crippen molar-refractivity contribution >= 4 is 22.8 Å². The molecule has 30 heavy (non-hydrogen) atoms. The summed E-state index contributed by atoms with van der Waals surface area (Å²) in [5.41, 5.74) is 10.8. The van der Waals surface area contributed by atoms with Crippen LogP contribution in [0.4, 0.5) is 10.2 Å². The number of pyridine rings is 2. The lowest BCUT2D eigenvalue weighted by molar-refractivity contribution is 0.0680. The lowest BCUT2D eigenvalue weighted by Gasteiger charge is -2.26. The predicted molar refractivity (Wildman–Crippen MR) is 110 cm³/mol. The van der Waals surface area contributed by atoms with E-state index in [1.165, 1.54) is 0 Å². The summed E-state index contributed by atoms with van der Waals surface area (Å²) in [7, 11) is 0. The Hall–Kier alpha value is -3.00. The summed E-state index contributed by atoms with van der Waals surface area (Å²) in [5, 5.41) is 0. The molecule has 0 radical (unpaired) electrons. The van der Waals surface area contributed by atoms with Crippen LogP contribution in [-0.2, 0) is 24.5 Å². The summed E-state index contributed by atoms with van der Waals surface area (Å²) >= 11 is 0. The van der Waals surface area contributed by atoms with E-state index < -0.39 is 0 Å². The summed E-state index contributed by atoms with van der Waals surface area (Å²) in [5.74, 6) is 0.261. The second-order valence-corrected chi connectivity index (χ2v) is 8.39. The normalized spacial score (nSPS) is 15.7. The highest BCUT2D eigenvalue weighted by atomic mass is 19.1. The number of nitrogen functional groups attached to an aromatic ring is 1. The molecule has 156 valence electrons. The molecule has 0 bridgehead atoms. The Bertz CT molecular complexity index is 1150. The van der Waals surface area contributed by atoms with Gasteiger partial charge in [-0.05, 0) is 50.3 Å². The third-order valence-corrected chi connectivity index (χ3v) is 5.93. The number of H-pyrrole nitrogens is 1. The highest BCUT2D eigenvalue weighted by Crippen LogP contribution is 2.40. The van der Waals surface area contributed by atoms with E-state index in [9.17, 15) is 9.18 Å². The molecular formula is C22H24FN5O2. The molecule has 1 saturated carbocycles. The minimum absolute atomic E-state index is 0.0967. The van der Waals surface area contributed by atoms with Gasteiger partial charge in [-0.3, -0.25) is 9.78 Å². The maximum atomic E-state index is 14.6. The van der Waals surface area contributed by atoms with Gasteiger partial charge in [0.15, 0.2) is 0 Å². The van der Waals surface area contributed by atoms with Crippen LogP contribution in [0.15, 0.2) is 18.3 Å². The Kier molecular flexibility index (Phi) is 4.47. The number of fused-ring (bicyclic) bond motifs is 3. The van der Waals surface area contributed by atoms with Gasteiger partial charge in [-0.1, -0.05) is 0 Å². The topological polar surface area (TPSA) is 97.1 Å². The number of nitrogens with one attached hydrogen (secondary N) is 1. The predicted octanol–water partition coefficient (Wildman–Crippen LogP) is 3.64. The minimum Gasteiger partial charge on any atom is -0.383 e. The molecule has 5 rings (SSSR count). The maximum Gasteiger partial charge on any atom is 0.270 e. The van der Waals surface area contributed by atoms with Crippen molar-refractivity contribution in [2.45, 2.75) is 58.4 Å². The lowest BCUT2D eigenvalue weighted by atomic mass is 10.1. The van der Waals surface area contributed by atoms with Gasteiger partial charge in [-0.25, -0.2) is 9.37 Å². The van der Waals surface area contributed by atoms with Gasteiger partial charge >= 0.3 is 0 Å². The van der Waals surface area contributed by atoms with Crippen molar-refractivity contribution < 1.29 is 13.9 Å². The molecule has 8 heteroatoms. The number of hydrogen-bond donors (Lipinski definition) is 2. The third-order valence-electron chi connectivity index (χ3n) is 5.93. The zero-order chi connectivity index (χ0) is 21.0. The van der Waals surface area contributed by atoms with Gasteiger partial charge in [-0.2, -0.15) is 0 Å². The van der Waals surface area contributed by atoms with Gasteiger partial charge in [0, 0.05) is 23.4 Å². The number of aromatic amines is 1. The first-order chi connectivity index (χ1) is 14.4. The second-order valence-electron chi connectivity index (χ2n) is 8.39. The molecule has 2 aliphatic rings. The van der Waals surface area contributed by atoms with Gasteiger partial charge in [0.25, 0.3) is 5.91 Å². The first-order valence-electron chi connectivity index (χ1n) is 10.3. The molecule has 1 aliphatic carbocycles. The average molecular weight is 409 g/mol. The summed E-state index contributed by atoms with van der Waals surface area (Å²) in [6.45, 7) is 4.76. The molecule has 0 saturated heterocycles. The number of halogens is 1. The molecule has 3 aromatic heterocycles. The Labute approximate surface area is 173 Å². The van der Waals surface area contributed by atoms with Crippen molar-refractivity contribution in [3.8, 4) is 0 Å². The quantitative estimate of drug-likeness (QED) is 0.671. The molecule has 0 aromatic carbocycles. The van der Waals surface area contributed by atoms with E-state index in [4.69, 9.17) is 10.5 Å². The summed E-state index contributed by atoms with van der Waals surface area (Å²) in [4.78, 5) is 26.8. The number of hydrogen-bond acceptors (Lipinski definition) is 5. The van der Waals surface area contributed by atoms with E-state index in [2.05, 4.69) is 15.0 Å². The third kappa shape index (κ3) is 3.21. The Morgan fingerprint density at radius 3 is 2.80 bits per heavy atom. The SMILES string of the molecule is CC(C)N(Cc1ncc(C2CC2)cc1F)C(=O)c1cc2nc(N)c3c(c2[nH]1)COC3. The van der Waals surface area contributed by atoms with Crippen LogP contribution in [0.25, 0.3) is 11.0 Å². The number of anilines is 1. The zero-order valence-corrected chi connectivity index (χ0v) is 17.0. The number of nitrogens with two attached hydrogens (primary N) is 1. The fourth-order valence-corrected chi connectivity index (χ4v) is 4.00. The molecular weight excluding hydrogens is 385 g/mol. The summed E-state index contributed by atoms with van der Waals surface area (Å²) in [6, 6.07) is 3.12. The van der Waals surface area contributed by atoms with Crippen LogP contribution in [0.1, 0.15) is 65.5 Å². The van der Waals surface area contributed by atoms with Gasteiger partial charge in [-0.15, -0.1) is 0 Å². The lowest BCUT2D eigenvalue weighted by Crippen LogP contribution is -2.37. The number of carbonyl (C=O) groups is 1. The Morgan fingerprint density at radius 2 is 2.10 bits per heavy atom. The molecule has 0 unspecified atom stereocenters. The van der Waals surface area contributed by atoms with Crippen molar-refractivity contribution in [2.24, 2.45) is 0 Å². The molecule has 7 nitrogen and oxygen atoms in total. The van der Waals surface area contributed by atoms with Crippen molar-refractivity contribution in [3.05, 3.63) is 52.2 Å². The first kappa shape index (κ1) is 19.0. The highest BCUT2D eigenvalue weighted by molar-refractivity contribution is 5.98. The molecule has 0 spiro atoms. The van der Waals surface area contributed by atoms with Crippen molar-refractivity contribution in [3.63, 3.8) is 0 Å². The Balaban J connectivity index is 1.45. The van der Waals surface area contributed by atoms with Crippen molar-refractivity contribution in [1.82, 2.24) is 19.9 Å². The molecule has 3 aromatic rings. The van der Waals surface area contributed by atoms with Crippen molar-refractivity contribution in [1.29, 1.82) is 0 Å². The van der Waals surface area contributed by atoms with Crippen LogP contribution in [-0.4, -0.2) is 31.8 Å². The van der Waals surface area contributed by atoms with Crippen LogP contribution in [0, 0.1) is 5.82 Å². The van der Waals surface area contributed by atoms with Gasteiger partial charge in [0.05, 0.1) is 36.5 Å². The smallest absolute Gasteiger partial charge is 0.270 e. The zero-order valence-electron chi connectivity index (χ0n) is 17.0. The number of nitrogens with zero attached hydrogens (tertiary/aromatic N) is 3. The first-order valence-corrected chi connectivity index (χ1v) is 10.3. The summed E-state index contributed by atoms with van der Waals surface area (Å²) < 4.78 is 20.1. The van der Waals surface area contributed by atoms with E-state index in [0.29, 0.717) is 36.2 Å². The maximum absolute atomic E-state index is 14.6. The number of amides is 1. The molecule has 1 aliphatic heterocycles. The van der Waals surface area contributed by atoms with Crippen LogP contribution in [0.5, 0.6) is 0 Å². The van der Waals surface area contributed by atoms with Crippen LogP contribution in [0.2, 0.25) is 0 Å². The molecule has 4 heterocycles.